The molecule has 0 unspecified atom stereocenters. The van der Waals surface area contributed by atoms with Crippen LogP contribution in [0.15, 0.2) is 24.3 Å². The first-order chi connectivity index (χ1) is 8.04. The summed E-state index contributed by atoms with van der Waals surface area (Å²) in [6, 6.07) is 5.19. The Morgan fingerprint density at radius 3 is 2.35 bits per heavy atom. The highest BCUT2D eigenvalue weighted by Crippen LogP contribution is 2.28. The molecule has 17 heavy (non-hydrogen) atoms. The molecule has 0 fully saturated rings. The van der Waals surface area contributed by atoms with E-state index in [0.717, 1.165) is 30.7 Å². The van der Waals surface area contributed by atoms with Crippen molar-refractivity contribution in [3.63, 3.8) is 0 Å². The van der Waals surface area contributed by atoms with Crippen LogP contribution in [-0.2, 0) is 17.5 Å². The van der Waals surface area contributed by atoms with Crippen molar-refractivity contribution in [1.82, 2.24) is 5.32 Å². The molecule has 0 aliphatic rings. The van der Waals surface area contributed by atoms with Crippen molar-refractivity contribution in [3.8, 4) is 0 Å². The summed E-state index contributed by atoms with van der Waals surface area (Å²) in [6.45, 7) is 2.04. The lowest BCUT2D eigenvalue weighted by molar-refractivity contribution is -0.137. The molecule has 0 aliphatic carbocycles. The molecule has 0 aliphatic heterocycles. The highest BCUT2D eigenvalue weighted by molar-refractivity contribution is 5.24. The smallest absolute Gasteiger partial charge is 0.385 e. The van der Waals surface area contributed by atoms with Gasteiger partial charge in [-0.05, 0) is 30.7 Å². The quantitative estimate of drug-likeness (QED) is 0.780. The molecule has 0 bridgehead atoms. The molecular formula is C12H16F3NO. The second-order valence-corrected chi connectivity index (χ2v) is 3.72. The average molecular weight is 247 g/mol. The second-order valence-electron chi connectivity index (χ2n) is 3.72. The fourth-order valence-corrected chi connectivity index (χ4v) is 1.39. The van der Waals surface area contributed by atoms with E-state index in [2.05, 4.69) is 5.32 Å². The van der Waals surface area contributed by atoms with Crippen LogP contribution in [0, 0.1) is 0 Å². The van der Waals surface area contributed by atoms with Crippen molar-refractivity contribution in [3.05, 3.63) is 35.4 Å². The molecule has 1 aromatic carbocycles. The van der Waals surface area contributed by atoms with Crippen molar-refractivity contribution in [2.24, 2.45) is 0 Å². The molecule has 0 atom stereocenters. The van der Waals surface area contributed by atoms with Gasteiger partial charge < -0.3 is 10.1 Å². The van der Waals surface area contributed by atoms with Gasteiger partial charge in [-0.2, -0.15) is 13.2 Å². The lowest BCUT2D eigenvalue weighted by atomic mass is 10.1. The van der Waals surface area contributed by atoms with E-state index in [4.69, 9.17) is 4.74 Å². The molecule has 1 rings (SSSR count). The zero-order valence-corrected chi connectivity index (χ0v) is 9.68. The zero-order valence-electron chi connectivity index (χ0n) is 9.68. The molecule has 0 radical (unpaired) electrons. The third kappa shape index (κ3) is 5.19. The Labute approximate surface area is 98.8 Å². The fourth-order valence-electron chi connectivity index (χ4n) is 1.39. The van der Waals surface area contributed by atoms with Gasteiger partial charge in [0.2, 0.25) is 0 Å². The number of ether oxygens (including phenoxy) is 1. The van der Waals surface area contributed by atoms with Gasteiger partial charge >= 0.3 is 6.18 Å². The molecule has 5 heteroatoms. The highest BCUT2D eigenvalue weighted by atomic mass is 19.4. The van der Waals surface area contributed by atoms with Crippen LogP contribution in [0.2, 0.25) is 0 Å². The highest BCUT2D eigenvalue weighted by Gasteiger charge is 2.29. The Morgan fingerprint density at radius 2 is 1.82 bits per heavy atom. The summed E-state index contributed by atoms with van der Waals surface area (Å²) in [4.78, 5) is 0. The summed E-state index contributed by atoms with van der Waals surface area (Å²) < 4.78 is 41.7. The van der Waals surface area contributed by atoms with E-state index in [1.165, 1.54) is 12.1 Å². The number of benzene rings is 1. The third-order valence-electron chi connectivity index (χ3n) is 2.31. The Bertz CT molecular complexity index is 322. The molecule has 1 N–H and O–H groups in total. The number of rotatable bonds is 6. The molecular weight excluding hydrogens is 231 g/mol. The minimum Gasteiger partial charge on any atom is -0.385 e. The monoisotopic (exact) mass is 247 g/mol. The lowest BCUT2D eigenvalue weighted by Gasteiger charge is -2.08. The number of nitrogens with one attached hydrogen (secondary N) is 1. The van der Waals surface area contributed by atoms with Gasteiger partial charge in [0.15, 0.2) is 0 Å². The standard InChI is InChI=1S/C12H16F3NO/c1-17-8-2-7-16-9-10-3-5-11(6-4-10)12(13,14)15/h3-6,16H,2,7-9H2,1H3. The summed E-state index contributed by atoms with van der Waals surface area (Å²) in [5.74, 6) is 0. The Morgan fingerprint density at radius 1 is 1.18 bits per heavy atom. The molecule has 0 amide bonds. The van der Waals surface area contributed by atoms with Crippen LogP contribution in [-0.4, -0.2) is 20.3 Å². The number of halogens is 3. The molecule has 0 heterocycles. The first-order valence-electron chi connectivity index (χ1n) is 5.40. The maximum atomic E-state index is 12.3. The summed E-state index contributed by atoms with van der Waals surface area (Å²) in [7, 11) is 1.63. The predicted octanol–water partition coefficient (Wildman–Crippen LogP) is 2.83. The molecule has 0 saturated carbocycles. The van der Waals surface area contributed by atoms with E-state index < -0.39 is 11.7 Å². The van der Waals surface area contributed by atoms with Gasteiger partial charge in [0, 0.05) is 20.3 Å². The Kier molecular flexibility index (Phi) is 5.44. The summed E-state index contributed by atoms with van der Waals surface area (Å²) >= 11 is 0. The van der Waals surface area contributed by atoms with Crippen molar-refractivity contribution in [1.29, 1.82) is 0 Å². The molecule has 1 aromatic rings. The number of alkyl halides is 3. The summed E-state index contributed by atoms with van der Waals surface area (Å²) in [6.07, 6.45) is -3.37. The van der Waals surface area contributed by atoms with Gasteiger partial charge in [-0.25, -0.2) is 0 Å². The summed E-state index contributed by atoms with van der Waals surface area (Å²) in [5.41, 5.74) is 0.232. The Hall–Kier alpha value is -1.07. The first kappa shape index (κ1) is 14.0. The predicted molar refractivity (Wildman–Crippen MR) is 59.6 cm³/mol. The normalized spacial score (nSPS) is 11.8. The van der Waals surface area contributed by atoms with Gasteiger partial charge in [0.1, 0.15) is 0 Å². The third-order valence-corrected chi connectivity index (χ3v) is 2.31. The average Bonchev–Trinajstić information content (AvgIpc) is 2.28. The van der Waals surface area contributed by atoms with Crippen LogP contribution in [0.25, 0.3) is 0 Å². The topological polar surface area (TPSA) is 21.3 Å². The van der Waals surface area contributed by atoms with Crippen LogP contribution in [0.5, 0.6) is 0 Å². The van der Waals surface area contributed by atoms with Crippen molar-refractivity contribution < 1.29 is 17.9 Å². The van der Waals surface area contributed by atoms with Crippen molar-refractivity contribution in [2.45, 2.75) is 19.1 Å². The SMILES string of the molecule is COCCCNCc1ccc(C(F)(F)F)cc1. The molecule has 2 nitrogen and oxygen atoms in total. The van der Waals surface area contributed by atoms with Crippen LogP contribution in [0.3, 0.4) is 0 Å². The number of methoxy groups -OCH3 is 1. The lowest BCUT2D eigenvalue weighted by Crippen LogP contribution is -2.16. The van der Waals surface area contributed by atoms with E-state index >= 15 is 0 Å². The Balaban J connectivity index is 2.36. The van der Waals surface area contributed by atoms with Crippen LogP contribution < -0.4 is 5.32 Å². The van der Waals surface area contributed by atoms with Gasteiger partial charge in [0.25, 0.3) is 0 Å². The molecule has 0 spiro atoms. The van der Waals surface area contributed by atoms with E-state index in [9.17, 15) is 13.2 Å². The van der Waals surface area contributed by atoms with Gasteiger partial charge in [-0.15, -0.1) is 0 Å². The number of hydrogen-bond acceptors (Lipinski definition) is 2. The maximum absolute atomic E-state index is 12.3. The van der Waals surface area contributed by atoms with Gasteiger partial charge in [-0.3, -0.25) is 0 Å². The number of hydrogen-bond donors (Lipinski definition) is 1. The van der Waals surface area contributed by atoms with E-state index in [0.29, 0.717) is 13.2 Å². The minimum atomic E-state index is -4.26. The molecule has 0 aromatic heterocycles. The zero-order chi connectivity index (χ0) is 12.7. The van der Waals surface area contributed by atoms with E-state index in [-0.39, 0.29) is 0 Å². The van der Waals surface area contributed by atoms with Gasteiger partial charge in [-0.1, -0.05) is 12.1 Å². The second kappa shape index (κ2) is 6.61. The van der Waals surface area contributed by atoms with Crippen LogP contribution in [0.4, 0.5) is 13.2 Å². The van der Waals surface area contributed by atoms with E-state index in [1.54, 1.807) is 7.11 Å². The van der Waals surface area contributed by atoms with Gasteiger partial charge in [0.05, 0.1) is 5.56 Å². The van der Waals surface area contributed by atoms with Crippen LogP contribution in [0.1, 0.15) is 17.5 Å². The molecule has 96 valence electrons. The largest absolute Gasteiger partial charge is 0.416 e. The molecule has 0 saturated heterocycles. The summed E-state index contributed by atoms with van der Waals surface area (Å²) in [5, 5.41) is 3.13. The first-order valence-corrected chi connectivity index (χ1v) is 5.40. The minimum absolute atomic E-state index is 0.571. The van der Waals surface area contributed by atoms with E-state index in [1.807, 2.05) is 0 Å². The fraction of sp³-hybridized carbons (Fsp3) is 0.500. The van der Waals surface area contributed by atoms with Crippen molar-refractivity contribution >= 4 is 0 Å². The maximum Gasteiger partial charge on any atom is 0.416 e. The van der Waals surface area contributed by atoms with Crippen molar-refractivity contribution in [2.75, 3.05) is 20.3 Å². The van der Waals surface area contributed by atoms with Crippen LogP contribution >= 0.6 is 0 Å².